The molecular weight excluding hydrogens is 491 g/mol. The van der Waals surface area contributed by atoms with Crippen LogP contribution in [0, 0.1) is 39.9 Å². The fraction of sp³-hybridized carbons (Fsp3) is 0.806. The smallest absolute Gasteiger partial charge is 0.545 e. The molecule has 4 fully saturated rings. The number of aliphatic hydroxyl groups excluding tert-OH is 2. The molecule has 2 N–H and O–H groups in total. The second kappa shape index (κ2) is 11.3. The van der Waals surface area contributed by atoms with E-state index in [2.05, 4.69) is 27.7 Å². The first-order valence-electron chi connectivity index (χ1n) is 14.3. The van der Waals surface area contributed by atoms with Gasteiger partial charge in [-0.05, 0) is 116 Å². The first-order valence-corrected chi connectivity index (χ1v) is 14.3. The van der Waals surface area contributed by atoms with Gasteiger partial charge < -0.3 is 24.9 Å². The topological polar surface area (TPSA) is 107 Å². The summed E-state index contributed by atoms with van der Waals surface area (Å²) in [4.78, 5) is 24.7. The van der Waals surface area contributed by atoms with Crippen LogP contribution in [0.3, 0.4) is 0 Å². The summed E-state index contributed by atoms with van der Waals surface area (Å²) in [5.41, 5.74) is 1.31. The fourth-order valence-electron chi connectivity index (χ4n) is 9.78. The third-order valence-electron chi connectivity index (χ3n) is 11.6. The summed E-state index contributed by atoms with van der Waals surface area (Å²) in [5.74, 6) is -1.25. The number of aliphatic hydroxyl groups is 2. The maximum absolute atomic E-state index is 12.5. The largest absolute Gasteiger partial charge is 1.00 e. The average Bonchev–Trinajstić information content (AvgIpc) is 3.05. The van der Waals surface area contributed by atoms with Gasteiger partial charge in [-0.25, -0.2) is 0 Å². The molecule has 38 heavy (non-hydrogen) atoms. The summed E-state index contributed by atoms with van der Waals surface area (Å²) >= 11 is 0. The van der Waals surface area contributed by atoms with Crippen LogP contribution in [0.25, 0.3) is 0 Å². The van der Waals surface area contributed by atoms with Crippen LogP contribution < -0.4 is 34.7 Å². The van der Waals surface area contributed by atoms with Gasteiger partial charge in [-0.2, -0.15) is 0 Å². The Hall–Kier alpha value is -0.660. The number of carboxylic acid groups (broad SMARTS) is 1. The number of aliphatic carboxylic acids is 1. The van der Waals surface area contributed by atoms with Gasteiger partial charge >= 0.3 is 35.5 Å². The van der Waals surface area contributed by atoms with Crippen LogP contribution >= 0.6 is 0 Å². The van der Waals surface area contributed by atoms with Crippen molar-refractivity contribution in [1.82, 2.24) is 0 Å². The number of carboxylic acids is 1. The van der Waals surface area contributed by atoms with E-state index in [1.807, 2.05) is 19.9 Å². The minimum Gasteiger partial charge on any atom is -0.545 e. The van der Waals surface area contributed by atoms with Gasteiger partial charge in [0, 0.05) is 6.92 Å². The molecule has 208 valence electrons. The summed E-state index contributed by atoms with van der Waals surface area (Å²) in [6.07, 6.45) is 5.92. The molecular formula is C31H47NaO6. The SMILES string of the molecule is CC(=O)O[C@H]1C[C@@]2(C)[C@@H](CC(O)[C@H]3[C@@]4(C)CCC(O)C(C)[C@@H]4CC[C@@]32C)C1=C(CCC=C(C)C)C(=O)[O-].[Na+]. The van der Waals surface area contributed by atoms with Gasteiger partial charge in [0.25, 0.3) is 0 Å². The van der Waals surface area contributed by atoms with Crippen molar-refractivity contribution in [3.8, 4) is 0 Å². The van der Waals surface area contributed by atoms with Gasteiger partial charge in [-0.1, -0.05) is 39.3 Å². The molecule has 7 heteroatoms. The maximum Gasteiger partial charge on any atom is 1.00 e. The van der Waals surface area contributed by atoms with E-state index in [4.69, 9.17) is 4.74 Å². The van der Waals surface area contributed by atoms with Crippen LogP contribution in [0.15, 0.2) is 22.8 Å². The summed E-state index contributed by atoms with van der Waals surface area (Å²) in [7, 11) is 0. The zero-order valence-electron chi connectivity index (χ0n) is 24.8. The Kier molecular flexibility index (Phi) is 9.49. The van der Waals surface area contributed by atoms with Gasteiger partial charge in [0.2, 0.25) is 0 Å². The second-order valence-electron chi connectivity index (χ2n) is 13.6. The van der Waals surface area contributed by atoms with Gasteiger partial charge in [-0.15, -0.1) is 0 Å². The van der Waals surface area contributed by atoms with E-state index in [9.17, 15) is 24.9 Å². The number of fused-ring (bicyclic) bond motifs is 5. The minimum atomic E-state index is -1.20. The van der Waals surface area contributed by atoms with Crippen LogP contribution in [0.5, 0.6) is 0 Å². The number of carbonyl (C=O) groups is 2. The molecule has 6 nitrogen and oxygen atoms in total. The second-order valence-corrected chi connectivity index (χ2v) is 13.6. The first kappa shape index (κ1) is 31.9. The van der Waals surface area contributed by atoms with Crippen LogP contribution in [0.2, 0.25) is 0 Å². The average molecular weight is 539 g/mol. The Morgan fingerprint density at radius 3 is 2.29 bits per heavy atom. The molecule has 0 saturated heterocycles. The molecule has 4 saturated carbocycles. The van der Waals surface area contributed by atoms with E-state index < -0.39 is 24.1 Å². The molecule has 10 atom stereocenters. The predicted octanol–water partition coefficient (Wildman–Crippen LogP) is 1.34. The van der Waals surface area contributed by atoms with Crippen molar-refractivity contribution in [1.29, 1.82) is 0 Å². The van der Waals surface area contributed by atoms with Crippen molar-refractivity contribution in [2.45, 2.75) is 118 Å². The number of hydrogen-bond donors (Lipinski definition) is 2. The van der Waals surface area contributed by atoms with E-state index in [0.29, 0.717) is 37.2 Å². The molecule has 0 aromatic carbocycles. The molecule has 0 heterocycles. The van der Waals surface area contributed by atoms with E-state index in [0.717, 1.165) is 31.3 Å². The minimum absolute atomic E-state index is 0. The molecule has 4 aliphatic carbocycles. The Bertz CT molecular complexity index is 1000. The Morgan fingerprint density at radius 2 is 1.71 bits per heavy atom. The Morgan fingerprint density at radius 1 is 1.05 bits per heavy atom. The Labute approximate surface area is 251 Å². The van der Waals surface area contributed by atoms with Crippen molar-refractivity contribution in [3.05, 3.63) is 22.8 Å². The molecule has 3 unspecified atom stereocenters. The molecule has 0 radical (unpaired) electrons. The first-order chi connectivity index (χ1) is 17.2. The standard InChI is InChI=1S/C31H48O6.Na/c1-17(2)9-8-10-20(28(35)36)26-22-15-24(34)27-29(5)13-12-23(33)18(3)21(29)11-14-30(27,6)31(22,7)16-25(26)37-19(4)32;/h9,18,21-25,27,33-34H,8,10-16H2,1-7H3,(H,35,36);/q;+1/p-1/t18?,21-,22-,23?,24?,25-,27-,29-,30-,31-;/m0./s1. The van der Waals surface area contributed by atoms with Crippen LogP contribution in [-0.4, -0.2) is 40.5 Å². The van der Waals surface area contributed by atoms with Crippen LogP contribution in [0.1, 0.15) is 99.8 Å². The molecule has 4 rings (SSSR count). The third kappa shape index (κ3) is 5.00. The summed E-state index contributed by atoms with van der Waals surface area (Å²) in [6, 6.07) is 0. The molecule has 4 aliphatic rings. The normalized spacial score (nSPS) is 45.0. The number of rotatable bonds is 5. The van der Waals surface area contributed by atoms with E-state index in [-0.39, 0.29) is 75.2 Å². The van der Waals surface area contributed by atoms with E-state index in [1.165, 1.54) is 6.92 Å². The molecule has 0 aromatic heterocycles. The summed E-state index contributed by atoms with van der Waals surface area (Å²) in [6.45, 7) is 14.4. The van der Waals surface area contributed by atoms with Crippen molar-refractivity contribution in [3.63, 3.8) is 0 Å². The monoisotopic (exact) mass is 538 g/mol. The van der Waals surface area contributed by atoms with Gasteiger partial charge in [0.1, 0.15) is 6.10 Å². The van der Waals surface area contributed by atoms with E-state index >= 15 is 0 Å². The quantitative estimate of drug-likeness (QED) is 0.237. The number of esters is 1. The van der Waals surface area contributed by atoms with E-state index in [1.54, 1.807) is 0 Å². The fourth-order valence-corrected chi connectivity index (χ4v) is 9.78. The van der Waals surface area contributed by atoms with Gasteiger partial charge in [0.05, 0.1) is 18.2 Å². The third-order valence-corrected chi connectivity index (χ3v) is 11.6. The van der Waals surface area contributed by atoms with Crippen molar-refractivity contribution >= 4 is 11.9 Å². The maximum atomic E-state index is 12.5. The molecule has 0 aliphatic heterocycles. The molecule has 0 aromatic rings. The van der Waals surface area contributed by atoms with Crippen molar-refractivity contribution in [2.75, 3.05) is 0 Å². The Balaban J connectivity index is 0.00000400. The van der Waals surface area contributed by atoms with Crippen LogP contribution in [0.4, 0.5) is 0 Å². The zero-order valence-corrected chi connectivity index (χ0v) is 26.8. The summed E-state index contributed by atoms with van der Waals surface area (Å²) < 4.78 is 5.84. The molecule has 0 bridgehead atoms. The van der Waals surface area contributed by atoms with Crippen LogP contribution in [-0.2, 0) is 14.3 Å². The molecule has 0 spiro atoms. The van der Waals surface area contributed by atoms with Crippen molar-refractivity contribution < 1.29 is 59.2 Å². The summed E-state index contributed by atoms with van der Waals surface area (Å²) in [5, 5.41) is 35.0. The van der Waals surface area contributed by atoms with Gasteiger partial charge in [0.15, 0.2) is 0 Å². The number of allylic oxidation sites excluding steroid dienone is 2. The number of hydrogen-bond acceptors (Lipinski definition) is 6. The molecule has 0 amide bonds. The van der Waals surface area contributed by atoms with Crippen molar-refractivity contribution in [2.24, 2.45) is 39.9 Å². The predicted molar refractivity (Wildman–Crippen MR) is 140 cm³/mol. The number of ether oxygens (including phenoxy) is 1. The van der Waals surface area contributed by atoms with Gasteiger partial charge in [-0.3, -0.25) is 4.79 Å². The zero-order chi connectivity index (χ0) is 27.5. The number of carbonyl (C=O) groups excluding carboxylic acids is 2.